The number of halogens is 2. The van der Waals surface area contributed by atoms with Gasteiger partial charge in [-0.05, 0) is 31.2 Å². The molecule has 0 aliphatic carbocycles. The number of aromatic nitrogens is 1. The number of rotatable bonds is 3. The number of carbonyl (C=O) groups is 1. The van der Waals surface area contributed by atoms with E-state index >= 15 is 0 Å². The third kappa shape index (κ3) is 3.24. The Hall–Kier alpha value is -2.14. The predicted octanol–water partition coefficient (Wildman–Crippen LogP) is 3.44. The number of aryl methyl sites for hydroxylation is 1. The van der Waals surface area contributed by atoms with Crippen molar-refractivity contribution >= 4 is 23.2 Å². The zero-order valence-electron chi connectivity index (χ0n) is 10.9. The normalized spacial score (nSPS) is 10.2. The highest BCUT2D eigenvalue weighted by atomic mass is 35.5. The summed E-state index contributed by atoms with van der Waals surface area (Å²) in [6, 6.07) is 7.15. The molecule has 0 fully saturated rings. The molecule has 0 unspecified atom stereocenters. The lowest BCUT2D eigenvalue weighted by molar-refractivity contribution is 0.102. The third-order valence-electron chi connectivity index (χ3n) is 2.59. The van der Waals surface area contributed by atoms with Crippen LogP contribution in [0.1, 0.15) is 16.1 Å². The predicted molar refractivity (Wildman–Crippen MR) is 74.9 cm³/mol. The average molecular weight is 295 g/mol. The number of nitrogens with zero attached hydrogens (tertiary/aromatic N) is 1. The number of ether oxygens (including phenoxy) is 1. The number of methoxy groups -OCH3 is 1. The number of benzene rings is 1. The van der Waals surface area contributed by atoms with Crippen LogP contribution in [0.15, 0.2) is 30.3 Å². The summed E-state index contributed by atoms with van der Waals surface area (Å²) in [7, 11) is 1.36. The van der Waals surface area contributed by atoms with Gasteiger partial charge in [-0.2, -0.15) is 0 Å². The van der Waals surface area contributed by atoms with E-state index in [1.54, 1.807) is 13.0 Å². The molecule has 0 spiro atoms. The van der Waals surface area contributed by atoms with Crippen LogP contribution in [0.25, 0.3) is 0 Å². The Balaban J connectivity index is 2.23. The molecular weight excluding hydrogens is 283 g/mol. The van der Waals surface area contributed by atoms with Crippen molar-refractivity contribution in [1.82, 2.24) is 4.98 Å². The van der Waals surface area contributed by atoms with E-state index in [2.05, 4.69) is 10.3 Å². The first-order valence-corrected chi connectivity index (χ1v) is 6.16. The van der Waals surface area contributed by atoms with Crippen LogP contribution in [0.5, 0.6) is 5.75 Å². The first-order valence-electron chi connectivity index (χ1n) is 5.78. The molecule has 1 aromatic heterocycles. The Kier molecular flexibility index (Phi) is 4.20. The van der Waals surface area contributed by atoms with Crippen LogP contribution < -0.4 is 10.1 Å². The number of pyridine rings is 1. The van der Waals surface area contributed by atoms with Crippen molar-refractivity contribution < 1.29 is 13.9 Å². The Labute approximate surface area is 120 Å². The van der Waals surface area contributed by atoms with Crippen molar-refractivity contribution in [2.75, 3.05) is 12.4 Å². The highest BCUT2D eigenvalue weighted by molar-refractivity contribution is 6.29. The van der Waals surface area contributed by atoms with Gasteiger partial charge in [0.2, 0.25) is 0 Å². The van der Waals surface area contributed by atoms with Crippen LogP contribution in [-0.4, -0.2) is 18.0 Å². The Morgan fingerprint density at radius 1 is 1.35 bits per heavy atom. The van der Waals surface area contributed by atoms with Crippen molar-refractivity contribution in [3.8, 4) is 5.75 Å². The van der Waals surface area contributed by atoms with Crippen molar-refractivity contribution in [2.45, 2.75) is 6.92 Å². The Morgan fingerprint density at radius 2 is 2.10 bits per heavy atom. The molecule has 0 saturated carbocycles. The van der Waals surface area contributed by atoms with Crippen molar-refractivity contribution in [1.29, 1.82) is 0 Å². The van der Waals surface area contributed by atoms with Crippen LogP contribution in [0, 0.1) is 12.7 Å². The second-order valence-electron chi connectivity index (χ2n) is 4.12. The molecule has 2 rings (SSSR count). The fraction of sp³-hybridized carbons (Fsp3) is 0.143. The number of nitrogens with one attached hydrogen (secondary N) is 1. The minimum absolute atomic E-state index is 0.0618. The van der Waals surface area contributed by atoms with E-state index in [9.17, 15) is 9.18 Å². The summed E-state index contributed by atoms with van der Waals surface area (Å²) in [5.41, 5.74) is 1.45. The second kappa shape index (κ2) is 5.88. The molecule has 0 atom stereocenters. The van der Waals surface area contributed by atoms with E-state index in [1.165, 1.54) is 31.4 Å². The summed E-state index contributed by atoms with van der Waals surface area (Å²) in [6.07, 6.45) is 0. The minimum Gasteiger partial charge on any atom is -0.494 e. The van der Waals surface area contributed by atoms with Crippen molar-refractivity contribution in [2.24, 2.45) is 0 Å². The molecule has 0 bridgehead atoms. The molecule has 4 nitrogen and oxygen atoms in total. The van der Waals surface area contributed by atoms with Crippen LogP contribution in [0.3, 0.4) is 0 Å². The smallest absolute Gasteiger partial charge is 0.255 e. The maximum Gasteiger partial charge on any atom is 0.255 e. The molecule has 1 amide bonds. The summed E-state index contributed by atoms with van der Waals surface area (Å²) in [4.78, 5) is 16.0. The lowest BCUT2D eigenvalue weighted by Crippen LogP contribution is -2.12. The van der Waals surface area contributed by atoms with E-state index in [4.69, 9.17) is 16.3 Å². The summed E-state index contributed by atoms with van der Waals surface area (Å²) >= 11 is 5.80. The largest absolute Gasteiger partial charge is 0.494 e. The van der Waals surface area contributed by atoms with Gasteiger partial charge in [0.1, 0.15) is 5.15 Å². The van der Waals surface area contributed by atoms with E-state index < -0.39 is 5.82 Å². The van der Waals surface area contributed by atoms with Gasteiger partial charge in [-0.25, -0.2) is 9.37 Å². The van der Waals surface area contributed by atoms with Gasteiger partial charge in [0.25, 0.3) is 5.91 Å². The maximum absolute atomic E-state index is 13.3. The van der Waals surface area contributed by atoms with Gasteiger partial charge < -0.3 is 10.1 Å². The zero-order chi connectivity index (χ0) is 14.7. The second-order valence-corrected chi connectivity index (χ2v) is 4.51. The number of amides is 1. The molecule has 0 saturated heterocycles. The highest BCUT2D eigenvalue weighted by Crippen LogP contribution is 2.22. The van der Waals surface area contributed by atoms with Gasteiger partial charge in [-0.15, -0.1) is 0 Å². The number of hydrogen-bond donors (Lipinski definition) is 1. The quantitative estimate of drug-likeness (QED) is 0.882. The zero-order valence-corrected chi connectivity index (χ0v) is 11.7. The average Bonchev–Trinajstić information content (AvgIpc) is 2.39. The molecule has 1 heterocycles. The summed E-state index contributed by atoms with van der Waals surface area (Å²) in [5.74, 6) is -0.786. The molecule has 2 aromatic rings. The van der Waals surface area contributed by atoms with Gasteiger partial charge in [0.15, 0.2) is 11.6 Å². The molecule has 0 aliphatic rings. The molecule has 1 aromatic carbocycles. The van der Waals surface area contributed by atoms with E-state index in [-0.39, 0.29) is 16.8 Å². The molecule has 6 heteroatoms. The molecular formula is C14H12ClFN2O2. The topological polar surface area (TPSA) is 51.2 Å². The summed E-state index contributed by atoms with van der Waals surface area (Å²) in [6.45, 7) is 1.74. The summed E-state index contributed by atoms with van der Waals surface area (Å²) in [5, 5.41) is 2.89. The number of carbonyl (C=O) groups excluding carboxylic acids is 1. The molecule has 1 N–H and O–H groups in total. The lowest BCUT2D eigenvalue weighted by Gasteiger charge is -2.08. The SMILES string of the molecule is COc1cc(NC(=O)c2cc(C)nc(Cl)c2)ccc1F. The van der Waals surface area contributed by atoms with Crippen LogP contribution >= 0.6 is 11.6 Å². The first kappa shape index (κ1) is 14.3. The van der Waals surface area contributed by atoms with E-state index in [0.717, 1.165) is 0 Å². The van der Waals surface area contributed by atoms with Gasteiger partial charge >= 0.3 is 0 Å². The third-order valence-corrected chi connectivity index (χ3v) is 2.79. The molecule has 0 radical (unpaired) electrons. The monoisotopic (exact) mass is 294 g/mol. The van der Waals surface area contributed by atoms with Crippen LogP contribution in [0.4, 0.5) is 10.1 Å². The van der Waals surface area contributed by atoms with E-state index in [1.807, 2.05) is 0 Å². The Morgan fingerprint density at radius 3 is 2.75 bits per heavy atom. The van der Waals surface area contributed by atoms with Gasteiger partial charge in [0, 0.05) is 23.0 Å². The molecule has 20 heavy (non-hydrogen) atoms. The maximum atomic E-state index is 13.3. The van der Waals surface area contributed by atoms with Crippen molar-refractivity contribution in [3.05, 3.63) is 52.6 Å². The highest BCUT2D eigenvalue weighted by Gasteiger charge is 2.10. The standard InChI is InChI=1S/C14H12ClFN2O2/c1-8-5-9(6-13(15)17-8)14(19)18-10-3-4-11(16)12(7-10)20-2/h3-7H,1-2H3,(H,18,19). The van der Waals surface area contributed by atoms with Crippen LogP contribution in [0.2, 0.25) is 5.15 Å². The van der Waals surface area contributed by atoms with Gasteiger partial charge in [-0.3, -0.25) is 4.79 Å². The number of anilines is 1. The lowest BCUT2D eigenvalue weighted by atomic mass is 10.2. The minimum atomic E-state index is -0.492. The van der Waals surface area contributed by atoms with E-state index in [0.29, 0.717) is 16.9 Å². The summed E-state index contributed by atoms with van der Waals surface area (Å²) < 4.78 is 18.1. The fourth-order valence-corrected chi connectivity index (χ4v) is 1.95. The molecule has 104 valence electrons. The van der Waals surface area contributed by atoms with Gasteiger partial charge in [-0.1, -0.05) is 11.6 Å². The number of hydrogen-bond acceptors (Lipinski definition) is 3. The molecule has 0 aliphatic heterocycles. The van der Waals surface area contributed by atoms with Crippen LogP contribution in [-0.2, 0) is 0 Å². The first-order chi connectivity index (χ1) is 9.49. The fourth-order valence-electron chi connectivity index (χ4n) is 1.70. The van der Waals surface area contributed by atoms with Gasteiger partial charge in [0.05, 0.1) is 7.11 Å². The Bertz CT molecular complexity index is 641. The van der Waals surface area contributed by atoms with Crippen molar-refractivity contribution in [3.63, 3.8) is 0 Å².